The number of anilines is 1. The molecular formula is C8H9N5O. The molecule has 2 N–H and O–H groups in total. The minimum Gasteiger partial charge on any atom is -0.368 e. The molecule has 0 spiro atoms. The van der Waals surface area contributed by atoms with Crippen LogP contribution in [0.1, 0.15) is 6.92 Å². The van der Waals surface area contributed by atoms with Crippen molar-refractivity contribution in [2.24, 2.45) is 0 Å². The van der Waals surface area contributed by atoms with Crippen LogP contribution < -0.4 is 11.3 Å². The Balaban J connectivity index is 2.84. The summed E-state index contributed by atoms with van der Waals surface area (Å²) in [4.78, 5) is 22.8. The van der Waals surface area contributed by atoms with E-state index in [1.54, 1.807) is 10.9 Å². The molecule has 0 aromatic rings. The van der Waals surface area contributed by atoms with Gasteiger partial charge in [0, 0.05) is 12.7 Å². The number of hydrogen-bond donors (Lipinski definition) is 1. The quantitative estimate of drug-likeness (QED) is 0.671. The van der Waals surface area contributed by atoms with Crippen LogP contribution in [0.4, 0.5) is 5.95 Å². The van der Waals surface area contributed by atoms with Crippen LogP contribution in [-0.4, -0.2) is 19.5 Å². The maximum Gasteiger partial charge on any atom is 0.285 e. The first-order valence-corrected chi connectivity index (χ1v) is 4.20. The van der Waals surface area contributed by atoms with Crippen LogP contribution >= 0.6 is 0 Å². The highest BCUT2D eigenvalue weighted by atomic mass is 16.1. The second-order valence-corrected chi connectivity index (χ2v) is 2.80. The van der Waals surface area contributed by atoms with E-state index in [2.05, 4.69) is 15.0 Å². The van der Waals surface area contributed by atoms with Gasteiger partial charge in [0.1, 0.15) is 5.56 Å². The molecule has 2 aliphatic rings. The van der Waals surface area contributed by atoms with Crippen molar-refractivity contribution in [3.8, 4) is 11.4 Å². The average Bonchev–Trinajstić information content (AvgIpc) is 2.17. The predicted octanol–water partition coefficient (Wildman–Crippen LogP) is -0.260. The smallest absolute Gasteiger partial charge is 0.285 e. The van der Waals surface area contributed by atoms with Crippen molar-refractivity contribution < 1.29 is 0 Å². The van der Waals surface area contributed by atoms with E-state index in [1.165, 1.54) is 6.20 Å². The first-order chi connectivity index (χ1) is 6.72. The number of aromatic nitrogens is 4. The van der Waals surface area contributed by atoms with Gasteiger partial charge in [0.2, 0.25) is 5.95 Å². The largest absolute Gasteiger partial charge is 0.368 e. The lowest BCUT2D eigenvalue weighted by molar-refractivity contribution is 0.723. The summed E-state index contributed by atoms with van der Waals surface area (Å²) in [7, 11) is 0. The minimum atomic E-state index is -0.386. The molecule has 0 aromatic heterocycles. The fourth-order valence-electron chi connectivity index (χ4n) is 1.26. The SMILES string of the molecule is CCn1cncc2c(=O)nc(N)nc1-2. The van der Waals surface area contributed by atoms with Gasteiger partial charge in [-0.3, -0.25) is 4.79 Å². The molecule has 0 fully saturated rings. The van der Waals surface area contributed by atoms with Gasteiger partial charge in [-0.05, 0) is 6.92 Å². The topological polar surface area (TPSA) is 86.7 Å². The summed E-state index contributed by atoms with van der Waals surface area (Å²) in [6.45, 7) is 2.62. The molecule has 14 heavy (non-hydrogen) atoms. The number of rotatable bonds is 1. The van der Waals surface area contributed by atoms with Crippen molar-refractivity contribution in [3.05, 3.63) is 22.9 Å². The van der Waals surface area contributed by atoms with Crippen molar-refractivity contribution in [1.29, 1.82) is 0 Å². The summed E-state index contributed by atoms with van der Waals surface area (Å²) in [6, 6.07) is 0. The van der Waals surface area contributed by atoms with Gasteiger partial charge in [-0.2, -0.15) is 9.97 Å². The maximum absolute atomic E-state index is 11.4. The Morgan fingerprint density at radius 3 is 3.00 bits per heavy atom. The maximum atomic E-state index is 11.4. The molecule has 0 atom stereocenters. The molecule has 0 radical (unpaired) electrons. The van der Waals surface area contributed by atoms with Gasteiger partial charge in [0.25, 0.3) is 5.56 Å². The summed E-state index contributed by atoms with van der Waals surface area (Å²) < 4.78 is 1.74. The lowest BCUT2D eigenvalue weighted by Crippen LogP contribution is -2.19. The van der Waals surface area contributed by atoms with Crippen LogP contribution in [0.2, 0.25) is 0 Å². The van der Waals surface area contributed by atoms with Crippen molar-refractivity contribution in [3.63, 3.8) is 0 Å². The summed E-state index contributed by atoms with van der Waals surface area (Å²) in [5.74, 6) is 0.524. The summed E-state index contributed by atoms with van der Waals surface area (Å²) >= 11 is 0. The van der Waals surface area contributed by atoms with Crippen LogP contribution in [0, 0.1) is 0 Å². The van der Waals surface area contributed by atoms with Gasteiger partial charge in [0.15, 0.2) is 5.82 Å². The molecule has 2 heterocycles. The minimum absolute atomic E-state index is 0.00380. The molecule has 0 bridgehead atoms. The van der Waals surface area contributed by atoms with Crippen LogP contribution in [-0.2, 0) is 6.54 Å². The average molecular weight is 191 g/mol. The van der Waals surface area contributed by atoms with Gasteiger partial charge >= 0.3 is 0 Å². The van der Waals surface area contributed by atoms with Crippen molar-refractivity contribution in [2.75, 3.05) is 5.73 Å². The standard InChI is InChI=1S/C8H9N5O/c1-2-13-4-10-3-5-6(13)11-8(9)12-7(5)14/h3-4H,2H2,1H3,(H2,9,12,14). The number of nitrogens with two attached hydrogens (primary N) is 1. The van der Waals surface area contributed by atoms with Crippen molar-refractivity contribution >= 4 is 5.95 Å². The van der Waals surface area contributed by atoms with E-state index in [0.717, 1.165) is 0 Å². The Bertz CT molecular complexity index is 492. The third-order valence-electron chi connectivity index (χ3n) is 1.93. The van der Waals surface area contributed by atoms with Gasteiger partial charge in [0.05, 0.1) is 6.33 Å². The molecule has 0 saturated carbocycles. The van der Waals surface area contributed by atoms with E-state index in [9.17, 15) is 4.79 Å². The molecule has 0 unspecified atom stereocenters. The lowest BCUT2D eigenvalue weighted by atomic mass is 10.3. The number of nitrogens with zero attached hydrogens (tertiary/aromatic N) is 4. The third kappa shape index (κ3) is 1.20. The second-order valence-electron chi connectivity index (χ2n) is 2.80. The fraction of sp³-hybridized carbons (Fsp3) is 0.250. The Morgan fingerprint density at radius 2 is 2.29 bits per heavy atom. The zero-order chi connectivity index (χ0) is 10.1. The molecule has 6 nitrogen and oxygen atoms in total. The number of aryl methyl sites for hydroxylation is 1. The van der Waals surface area contributed by atoms with Gasteiger partial charge in [-0.15, -0.1) is 0 Å². The zero-order valence-corrected chi connectivity index (χ0v) is 7.64. The number of hydrogen-bond acceptors (Lipinski definition) is 5. The normalized spacial score (nSPS) is 10.6. The van der Waals surface area contributed by atoms with Crippen molar-refractivity contribution in [1.82, 2.24) is 19.5 Å². The van der Waals surface area contributed by atoms with E-state index in [1.807, 2.05) is 6.92 Å². The van der Waals surface area contributed by atoms with E-state index in [0.29, 0.717) is 17.9 Å². The van der Waals surface area contributed by atoms with E-state index in [-0.39, 0.29) is 11.5 Å². The molecule has 0 amide bonds. The molecule has 0 aliphatic carbocycles. The summed E-state index contributed by atoms with van der Waals surface area (Å²) in [5.41, 5.74) is 5.40. The highest BCUT2D eigenvalue weighted by Crippen LogP contribution is 2.12. The molecule has 0 saturated heterocycles. The number of fused-ring (bicyclic) bond motifs is 1. The van der Waals surface area contributed by atoms with Crippen LogP contribution in [0.15, 0.2) is 17.3 Å². The highest BCUT2D eigenvalue weighted by molar-refractivity contribution is 5.54. The molecule has 72 valence electrons. The van der Waals surface area contributed by atoms with Gasteiger partial charge in [-0.25, -0.2) is 4.98 Å². The van der Waals surface area contributed by atoms with E-state index >= 15 is 0 Å². The van der Waals surface area contributed by atoms with E-state index in [4.69, 9.17) is 5.73 Å². The Morgan fingerprint density at radius 1 is 1.50 bits per heavy atom. The predicted molar refractivity (Wildman–Crippen MR) is 50.8 cm³/mol. The molecule has 2 aliphatic heterocycles. The first-order valence-electron chi connectivity index (χ1n) is 4.20. The van der Waals surface area contributed by atoms with Crippen LogP contribution in [0.5, 0.6) is 0 Å². The Kier molecular flexibility index (Phi) is 1.88. The monoisotopic (exact) mass is 191 g/mol. The van der Waals surface area contributed by atoms with E-state index < -0.39 is 0 Å². The fourth-order valence-corrected chi connectivity index (χ4v) is 1.26. The third-order valence-corrected chi connectivity index (χ3v) is 1.93. The van der Waals surface area contributed by atoms with Crippen LogP contribution in [0.3, 0.4) is 0 Å². The molecular weight excluding hydrogens is 182 g/mol. The van der Waals surface area contributed by atoms with Crippen molar-refractivity contribution in [2.45, 2.75) is 13.5 Å². The Labute approximate surface area is 79.8 Å². The highest BCUT2D eigenvalue weighted by Gasteiger charge is 2.12. The van der Waals surface area contributed by atoms with Gasteiger partial charge < -0.3 is 10.3 Å². The summed E-state index contributed by atoms with van der Waals surface area (Å²) in [6.07, 6.45) is 3.05. The van der Waals surface area contributed by atoms with Gasteiger partial charge in [-0.1, -0.05) is 0 Å². The van der Waals surface area contributed by atoms with Crippen LogP contribution in [0.25, 0.3) is 11.4 Å². The molecule has 0 aromatic carbocycles. The molecule has 2 rings (SSSR count). The number of nitrogen functional groups attached to an aromatic ring is 1. The first kappa shape index (κ1) is 8.61. The molecule has 6 heteroatoms. The Hall–Kier alpha value is -1.98. The lowest BCUT2D eigenvalue weighted by Gasteiger charge is -2.09. The second kappa shape index (κ2) is 3.06. The zero-order valence-electron chi connectivity index (χ0n) is 7.64. The summed E-state index contributed by atoms with van der Waals surface area (Å²) in [5, 5.41) is 0.